The van der Waals surface area contributed by atoms with Gasteiger partial charge in [-0.2, -0.15) is 0 Å². The first-order chi connectivity index (χ1) is 11.8. The summed E-state index contributed by atoms with van der Waals surface area (Å²) in [4.78, 5) is 26.0. The van der Waals surface area contributed by atoms with Crippen molar-refractivity contribution in [2.45, 2.75) is 34.1 Å². The van der Waals surface area contributed by atoms with Crippen molar-refractivity contribution in [3.8, 4) is 0 Å². The maximum atomic E-state index is 12.2. The van der Waals surface area contributed by atoms with Gasteiger partial charge in [0.2, 0.25) is 11.8 Å². The van der Waals surface area contributed by atoms with Gasteiger partial charge in [0.1, 0.15) is 0 Å². The number of hydrogen-bond donors (Lipinski definition) is 1. The predicted octanol–water partition coefficient (Wildman–Crippen LogP) is 4.65. The summed E-state index contributed by atoms with van der Waals surface area (Å²) in [5, 5.41) is 3.43. The van der Waals surface area contributed by atoms with Crippen molar-refractivity contribution in [3.05, 3.63) is 58.1 Å². The van der Waals surface area contributed by atoms with Gasteiger partial charge in [0, 0.05) is 36.3 Å². The highest BCUT2D eigenvalue weighted by molar-refractivity contribution is 6.31. The van der Waals surface area contributed by atoms with Crippen molar-refractivity contribution in [2.24, 2.45) is 0 Å². The number of halogens is 1. The number of rotatable bonds is 5. The van der Waals surface area contributed by atoms with Gasteiger partial charge in [-0.1, -0.05) is 35.9 Å². The summed E-state index contributed by atoms with van der Waals surface area (Å²) in [6, 6.07) is 11.3. The molecule has 2 rings (SSSR count). The van der Waals surface area contributed by atoms with Crippen LogP contribution >= 0.6 is 11.6 Å². The summed E-state index contributed by atoms with van der Waals surface area (Å²) in [6.45, 7) is 7.68. The second-order valence-corrected chi connectivity index (χ2v) is 6.58. The standard InChI is InChI=1S/C20H23ClN2O2/c1-13-8-9-17(12-18(13)21)22-19(25)10-11-23(16(4)24)20-14(2)6-5-7-15(20)3/h5-9,12H,10-11H2,1-4H3,(H,22,25). The van der Waals surface area contributed by atoms with Crippen molar-refractivity contribution in [1.82, 2.24) is 0 Å². The number of nitrogens with one attached hydrogen (secondary N) is 1. The molecule has 0 aliphatic carbocycles. The molecule has 0 atom stereocenters. The van der Waals surface area contributed by atoms with E-state index in [2.05, 4.69) is 5.32 Å². The maximum absolute atomic E-state index is 12.2. The van der Waals surface area contributed by atoms with Crippen LogP contribution in [-0.4, -0.2) is 18.4 Å². The van der Waals surface area contributed by atoms with Crippen LogP contribution in [0.4, 0.5) is 11.4 Å². The minimum Gasteiger partial charge on any atom is -0.326 e. The van der Waals surface area contributed by atoms with E-state index in [-0.39, 0.29) is 18.2 Å². The zero-order valence-electron chi connectivity index (χ0n) is 15.0. The Morgan fingerprint density at radius 1 is 1.04 bits per heavy atom. The summed E-state index contributed by atoms with van der Waals surface area (Å²) in [5.74, 6) is -0.235. The summed E-state index contributed by atoms with van der Waals surface area (Å²) in [5.41, 5.74) is 4.52. The monoisotopic (exact) mass is 358 g/mol. The Morgan fingerprint density at radius 3 is 2.24 bits per heavy atom. The van der Waals surface area contributed by atoms with E-state index in [0.29, 0.717) is 17.3 Å². The number of benzene rings is 2. The molecule has 2 aromatic rings. The molecule has 0 saturated carbocycles. The fourth-order valence-electron chi connectivity index (χ4n) is 2.77. The highest BCUT2D eigenvalue weighted by Crippen LogP contribution is 2.25. The molecule has 0 aliphatic rings. The van der Waals surface area contributed by atoms with Crippen LogP contribution in [0.15, 0.2) is 36.4 Å². The highest BCUT2D eigenvalue weighted by Gasteiger charge is 2.17. The van der Waals surface area contributed by atoms with Crippen molar-refractivity contribution in [3.63, 3.8) is 0 Å². The second-order valence-electron chi connectivity index (χ2n) is 6.17. The first kappa shape index (κ1) is 19.0. The minimum absolute atomic E-state index is 0.0800. The number of carbonyl (C=O) groups is 2. The number of carbonyl (C=O) groups excluding carboxylic acids is 2. The summed E-state index contributed by atoms with van der Waals surface area (Å²) in [7, 11) is 0. The lowest BCUT2D eigenvalue weighted by Gasteiger charge is -2.25. The van der Waals surface area contributed by atoms with Gasteiger partial charge in [0.05, 0.1) is 0 Å². The summed E-state index contributed by atoms with van der Waals surface area (Å²) < 4.78 is 0. The Labute approximate surface area is 153 Å². The minimum atomic E-state index is -0.155. The van der Waals surface area contributed by atoms with Crippen LogP contribution in [0, 0.1) is 20.8 Å². The second kappa shape index (κ2) is 8.17. The Balaban J connectivity index is 2.07. The van der Waals surface area contributed by atoms with Crippen molar-refractivity contribution in [2.75, 3.05) is 16.8 Å². The van der Waals surface area contributed by atoms with Gasteiger partial charge in [0.15, 0.2) is 0 Å². The number of para-hydroxylation sites is 1. The normalized spacial score (nSPS) is 10.4. The fourth-order valence-corrected chi connectivity index (χ4v) is 2.95. The largest absolute Gasteiger partial charge is 0.326 e. The molecule has 0 saturated heterocycles. The number of aryl methyl sites for hydroxylation is 3. The SMILES string of the molecule is CC(=O)N(CCC(=O)Nc1ccc(C)c(Cl)c1)c1c(C)cccc1C. The van der Waals surface area contributed by atoms with Gasteiger partial charge < -0.3 is 10.2 Å². The van der Waals surface area contributed by atoms with Crippen LogP contribution in [0.25, 0.3) is 0 Å². The van der Waals surface area contributed by atoms with E-state index in [1.54, 1.807) is 11.0 Å². The van der Waals surface area contributed by atoms with E-state index >= 15 is 0 Å². The van der Waals surface area contributed by atoms with Gasteiger partial charge in [-0.15, -0.1) is 0 Å². The summed E-state index contributed by atoms with van der Waals surface area (Å²) >= 11 is 6.08. The summed E-state index contributed by atoms with van der Waals surface area (Å²) in [6.07, 6.45) is 0.207. The number of hydrogen-bond acceptors (Lipinski definition) is 2. The van der Waals surface area contributed by atoms with E-state index < -0.39 is 0 Å². The van der Waals surface area contributed by atoms with Gasteiger partial charge in [0.25, 0.3) is 0 Å². The first-order valence-electron chi connectivity index (χ1n) is 8.20. The third-order valence-electron chi connectivity index (χ3n) is 4.11. The Hall–Kier alpha value is -2.33. The molecule has 0 heterocycles. The molecule has 5 heteroatoms. The zero-order chi connectivity index (χ0) is 18.6. The van der Waals surface area contributed by atoms with Gasteiger partial charge in [-0.3, -0.25) is 9.59 Å². The molecule has 0 radical (unpaired) electrons. The molecule has 1 N–H and O–H groups in total. The Bertz CT molecular complexity index is 782. The topological polar surface area (TPSA) is 49.4 Å². The molecule has 2 amide bonds. The van der Waals surface area contributed by atoms with Gasteiger partial charge in [-0.05, 0) is 49.6 Å². The third kappa shape index (κ3) is 4.83. The van der Waals surface area contributed by atoms with E-state index in [1.165, 1.54) is 6.92 Å². The van der Waals surface area contributed by atoms with Crippen molar-refractivity contribution < 1.29 is 9.59 Å². The molecule has 132 valence electrons. The van der Waals surface area contributed by atoms with Crippen LogP contribution in [0.1, 0.15) is 30.0 Å². The number of nitrogens with zero attached hydrogens (tertiary/aromatic N) is 1. The molecular formula is C20H23ClN2O2. The molecule has 25 heavy (non-hydrogen) atoms. The number of amides is 2. The predicted molar refractivity (Wildman–Crippen MR) is 103 cm³/mol. The van der Waals surface area contributed by atoms with Crippen LogP contribution in [0.3, 0.4) is 0 Å². The molecule has 0 unspecified atom stereocenters. The van der Waals surface area contributed by atoms with Gasteiger partial charge >= 0.3 is 0 Å². The highest BCUT2D eigenvalue weighted by atomic mass is 35.5. The van der Waals surface area contributed by atoms with E-state index in [0.717, 1.165) is 22.4 Å². The van der Waals surface area contributed by atoms with Crippen molar-refractivity contribution >= 4 is 34.8 Å². The van der Waals surface area contributed by atoms with Crippen LogP contribution < -0.4 is 10.2 Å². The van der Waals surface area contributed by atoms with Crippen LogP contribution in [-0.2, 0) is 9.59 Å². The lowest BCUT2D eigenvalue weighted by Crippen LogP contribution is -2.33. The van der Waals surface area contributed by atoms with Crippen molar-refractivity contribution in [1.29, 1.82) is 0 Å². The third-order valence-corrected chi connectivity index (χ3v) is 4.51. The Kier molecular flexibility index (Phi) is 6.21. The lowest BCUT2D eigenvalue weighted by molar-refractivity contribution is -0.117. The average molecular weight is 359 g/mol. The van der Waals surface area contributed by atoms with Gasteiger partial charge in [-0.25, -0.2) is 0 Å². The van der Waals surface area contributed by atoms with E-state index in [4.69, 9.17) is 11.6 Å². The molecular weight excluding hydrogens is 336 g/mol. The molecule has 0 aliphatic heterocycles. The molecule has 2 aromatic carbocycles. The number of anilines is 2. The quantitative estimate of drug-likeness (QED) is 0.845. The molecule has 0 spiro atoms. The Morgan fingerprint density at radius 2 is 1.68 bits per heavy atom. The first-order valence-corrected chi connectivity index (χ1v) is 8.57. The fraction of sp³-hybridized carbons (Fsp3) is 0.300. The van der Waals surface area contributed by atoms with E-state index in [9.17, 15) is 9.59 Å². The molecule has 0 aromatic heterocycles. The smallest absolute Gasteiger partial charge is 0.226 e. The molecule has 0 bridgehead atoms. The van der Waals surface area contributed by atoms with Crippen LogP contribution in [0.5, 0.6) is 0 Å². The zero-order valence-corrected chi connectivity index (χ0v) is 15.8. The molecule has 4 nitrogen and oxygen atoms in total. The lowest BCUT2D eigenvalue weighted by atomic mass is 10.1. The molecule has 0 fully saturated rings. The maximum Gasteiger partial charge on any atom is 0.226 e. The van der Waals surface area contributed by atoms with E-state index in [1.807, 2.05) is 51.1 Å². The van der Waals surface area contributed by atoms with Crippen LogP contribution in [0.2, 0.25) is 5.02 Å². The average Bonchev–Trinajstić information content (AvgIpc) is 2.53.